The van der Waals surface area contributed by atoms with Gasteiger partial charge in [0, 0.05) is 10.5 Å². The minimum absolute atomic E-state index is 0.149. The lowest BCUT2D eigenvalue weighted by molar-refractivity contribution is 1.30. The minimum Gasteiger partial charge on any atom is -0.384 e. The Balaban J connectivity index is 3.10. The zero-order valence-electron chi connectivity index (χ0n) is 7.92. The fraction of sp³-hybridized carbons (Fsp3) is 0.300. The van der Waals surface area contributed by atoms with Crippen molar-refractivity contribution in [2.45, 2.75) is 18.7 Å². The van der Waals surface area contributed by atoms with Crippen LogP contribution in [-0.4, -0.2) is 11.6 Å². The molecule has 3 heteroatoms. The van der Waals surface area contributed by atoms with Crippen molar-refractivity contribution in [1.82, 2.24) is 0 Å². The normalized spacial score (nSPS) is 10.0. The topological polar surface area (TPSA) is 49.9 Å². The van der Waals surface area contributed by atoms with Gasteiger partial charge < -0.3 is 5.73 Å². The van der Waals surface area contributed by atoms with Crippen LogP contribution in [0.25, 0.3) is 0 Å². The van der Waals surface area contributed by atoms with Crippen molar-refractivity contribution < 1.29 is 0 Å². The molecule has 2 nitrogen and oxygen atoms in total. The number of aryl methyl sites for hydroxylation is 1. The van der Waals surface area contributed by atoms with Gasteiger partial charge in [-0.05, 0) is 30.4 Å². The molecule has 0 heterocycles. The Bertz CT molecular complexity index is 321. The van der Waals surface area contributed by atoms with E-state index >= 15 is 0 Å². The molecule has 13 heavy (non-hydrogen) atoms. The average molecular weight is 194 g/mol. The molecule has 0 amide bonds. The lowest BCUT2D eigenvalue weighted by Gasteiger charge is -2.07. The van der Waals surface area contributed by atoms with Crippen molar-refractivity contribution in [3.05, 3.63) is 29.3 Å². The number of hydrogen-bond donors (Lipinski definition) is 2. The molecular formula is C10H14N2S. The molecule has 70 valence electrons. The highest BCUT2D eigenvalue weighted by Crippen LogP contribution is 2.23. The maximum absolute atomic E-state index is 7.39. The molecule has 0 aliphatic heterocycles. The summed E-state index contributed by atoms with van der Waals surface area (Å²) >= 11 is 1.72. The fourth-order valence-corrected chi connectivity index (χ4v) is 2.04. The lowest BCUT2D eigenvalue weighted by Crippen LogP contribution is -2.12. The Morgan fingerprint density at radius 2 is 2.23 bits per heavy atom. The monoisotopic (exact) mass is 194 g/mol. The largest absolute Gasteiger partial charge is 0.384 e. The van der Waals surface area contributed by atoms with Crippen LogP contribution >= 0.6 is 11.8 Å². The molecule has 0 fully saturated rings. The number of benzene rings is 1. The Hall–Kier alpha value is -0.960. The lowest BCUT2D eigenvalue weighted by atomic mass is 10.1. The third-order valence-electron chi connectivity index (χ3n) is 1.73. The van der Waals surface area contributed by atoms with Gasteiger partial charge in [0.15, 0.2) is 0 Å². The molecule has 0 saturated carbocycles. The highest BCUT2D eigenvalue weighted by molar-refractivity contribution is 7.99. The number of rotatable bonds is 3. The van der Waals surface area contributed by atoms with Crippen LogP contribution in [0.3, 0.4) is 0 Å². The van der Waals surface area contributed by atoms with Crippen molar-refractivity contribution in [2.24, 2.45) is 5.73 Å². The van der Waals surface area contributed by atoms with E-state index in [-0.39, 0.29) is 5.84 Å². The van der Waals surface area contributed by atoms with Crippen molar-refractivity contribution in [2.75, 3.05) is 5.75 Å². The number of hydrogen-bond acceptors (Lipinski definition) is 2. The Labute approximate surface area is 83.0 Å². The Morgan fingerprint density at radius 1 is 1.54 bits per heavy atom. The van der Waals surface area contributed by atoms with Crippen LogP contribution in [0.2, 0.25) is 0 Å². The molecular weight excluding hydrogens is 180 g/mol. The molecule has 0 aromatic heterocycles. The predicted molar refractivity (Wildman–Crippen MR) is 58.6 cm³/mol. The molecule has 0 aliphatic rings. The van der Waals surface area contributed by atoms with Crippen LogP contribution < -0.4 is 5.73 Å². The third-order valence-corrected chi connectivity index (χ3v) is 2.66. The first-order valence-electron chi connectivity index (χ1n) is 4.23. The Kier molecular flexibility index (Phi) is 3.37. The van der Waals surface area contributed by atoms with E-state index in [1.165, 1.54) is 5.56 Å². The van der Waals surface area contributed by atoms with Gasteiger partial charge in [0.1, 0.15) is 5.84 Å². The molecule has 1 rings (SSSR count). The Morgan fingerprint density at radius 3 is 2.77 bits per heavy atom. The van der Waals surface area contributed by atoms with Crippen molar-refractivity contribution >= 4 is 17.6 Å². The van der Waals surface area contributed by atoms with Crippen molar-refractivity contribution in [3.63, 3.8) is 0 Å². The van der Waals surface area contributed by atoms with Crippen molar-refractivity contribution in [3.8, 4) is 0 Å². The maximum Gasteiger partial charge on any atom is 0.123 e. The van der Waals surface area contributed by atoms with Gasteiger partial charge in [-0.25, -0.2) is 0 Å². The number of thioether (sulfide) groups is 1. The second-order valence-corrected chi connectivity index (χ2v) is 4.15. The molecule has 0 atom stereocenters. The highest BCUT2D eigenvalue weighted by atomic mass is 32.2. The molecule has 1 aromatic rings. The first kappa shape index (κ1) is 10.1. The van der Waals surface area contributed by atoms with Gasteiger partial charge in [-0.2, -0.15) is 0 Å². The van der Waals surface area contributed by atoms with E-state index in [0.29, 0.717) is 0 Å². The van der Waals surface area contributed by atoms with E-state index < -0.39 is 0 Å². The molecule has 1 aromatic carbocycles. The molecule has 3 N–H and O–H groups in total. The van der Waals surface area contributed by atoms with Crippen LogP contribution in [0.1, 0.15) is 18.1 Å². The molecule has 0 bridgehead atoms. The van der Waals surface area contributed by atoms with E-state index in [0.717, 1.165) is 16.2 Å². The van der Waals surface area contributed by atoms with Crippen LogP contribution in [0.4, 0.5) is 0 Å². The summed E-state index contributed by atoms with van der Waals surface area (Å²) in [6.45, 7) is 4.14. The summed E-state index contributed by atoms with van der Waals surface area (Å²) in [7, 11) is 0. The van der Waals surface area contributed by atoms with E-state index in [2.05, 4.69) is 13.0 Å². The first-order valence-corrected chi connectivity index (χ1v) is 5.21. The van der Waals surface area contributed by atoms with Crippen LogP contribution in [0, 0.1) is 12.3 Å². The molecule has 0 aliphatic carbocycles. The second kappa shape index (κ2) is 4.33. The van der Waals surface area contributed by atoms with E-state index in [1.807, 2.05) is 19.1 Å². The number of amidine groups is 1. The first-order chi connectivity index (χ1) is 6.15. The maximum atomic E-state index is 7.39. The number of nitrogen functional groups attached to an aromatic ring is 1. The molecule has 0 saturated heterocycles. The van der Waals surface area contributed by atoms with Crippen LogP contribution in [-0.2, 0) is 0 Å². The third kappa shape index (κ3) is 2.49. The van der Waals surface area contributed by atoms with Crippen LogP contribution in [0.15, 0.2) is 23.1 Å². The SMILES string of the molecule is CCSc1cc(C)ccc1C(=N)N. The predicted octanol–water partition coefficient (Wildman–Crippen LogP) is 2.39. The average Bonchev–Trinajstić information content (AvgIpc) is 2.04. The molecule has 0 unspecified atom stereocenters. The fourth-order valence-electron chi connectivity index (χ4n) is 1.13. The van der Waals surface area contributed by atoms with E-state index in [1.54, 1.807) is 11.8 Å². The number of nitrogens with two attached hydrogens (primary N) is 1. The van der Waals surface area contributed by atoms with Gasteiger partial charge in [-0.3, -0.25) is 5.41 Å². The summed E-state index contributed by atoms with van der Waals surface area (Å²) in [5.41, 5.74) is 7.52. The van der Waals surface area contributed by atoms with Gasteiger partial charge in [0.2, 0.25) is 0 Å². The zero-order chi connectivity index (χ0) is 9.84. The van der Waals surface area contributed by atoms with Gasteiger partial charge >= 0.3 is 0 Å². The van der Waals surface area contributed by atoms with Gasteiger partial charge in [0.25, 0.3) is 0 Å². The minimum atomic E-state index is 0.149. The zero-order valence-corrected chi connectivity index (χ0v) is 8.74. The quantitative estimate of drug-likeness (QED) is 0.441. The van der Waals surface area contributed by atoms with Gasteiger partial charge in [-0.1, -0.05) is 13.0 Å². The van der Waals surface area contributed by atoms with Gasteiger partial charge in [-0.15, -0.1) is 11.8 Å². The highest BCUT2D eigenvalue weighted by Gasteiger charge is 2.04. The second-order valence-electron chi connectivity index (χ2n) is 2.85. The molecule has 0 radical (unpaired) electrons. The van der Waals surface area contributed by atoms with Crippen LogP contribution in [0.5, 0.6) is 0 Å². The van der Waals surface area contributed by atoms with Crippen molar-refractivity contribution in [1.29, 1.82) is 5.41 Å². The van der Waals surface area contributed by atoms with E-state index in [9.17, 15) is 0 Å². The summed E-state index contributed by atoms with van der Waals surface area (Å²) in [5.74, 6) is 1.15. The van der Waals surface area contributed by atoms with E-state index in [4.69, 9.17) is 11.1 Å². The summed E-state index contributed by atoms with van der Waals surface area (Å²) < 4.78 is 0. The summed E-state index contributed by atoms with van der Waals surface area (Å²) in [6.07, 6.45) is 0. The van der Waals surface area contributed by atoms with Gasteiger partial charge in [0.05, 0.1) is 0 Å². The summed E-state index contributed by atoms with van der Waals surface area (Å²) in [5, 5.41) is 7.39. The molecule has 0 spiro atoms. The smallest absolute Gasteiger partial charge is 0.123 e. The number of nitrogens with one attached hydrogen (secondary N) is 1. The summed E-state index contributed by atoms with van der Waals surface area (Å²) in [4.78, 5) is 1.11. The summed E-state index contributed by atoms with van der Waals surface area (Å²) in [6, 6.07) is 5.97. The standard InChI is InChI=1S/C10H14N2S/c1-3-13-9-6-7(2)4-5-8(9)10(11)12/h4-6H,3H2,1-2H3,(H3,11,12).